The van der Waals surface area contributed by atoms with Crippen LogP contribution in [0.3, 0.4) is 0 Å². The fourth-order valence-electron chi connectivity index (χ4n) is 1.75. The van der Waals surface area contributed by atoms with E-state index in [1.165, 1.54) is 6.33 Å². The number of anilines is 3. The van der Waals surface area contributed by atoms with Gasteiger partial charge in [-0.1, -0.05) is 15.9 Å². The number of rotatable bonds is 4. The van der Waals surface area contributed by atoms with Crippen LogP contribution in [0.4, 0.5) is 17.3 Å². The van der Waals surface area contributed by atoms with Crippen LogP contribution in [0.1, 0.15) is 0 Å². The fourth-order valence-corrected chi connectivity index (χ4v) is 2.24. The predicted octanol–water partition coefficient (Wildman–Crippen LogP) is 4.51. The molecule has 2 heterocycles. The molecule has 3 rings (SSSR count). The number of nitrogens with one attached hydrogen (secondary N) is 1. The zero-order valence-electron chi connectivity index (χ0n) is 11.7. The van der Waals surface area contributed by atoms with Crippen molar-refractivity contribution < 1.29 is 4.74 Å². The summed E-state index contributed by atoms with van der Waals surface area (Å²) in [5.74, 6) is 1.96. The SMILES string of the molecule is Nc1c(Nc2ccc(Br)cn2)ncnc1Oc1ccc(Br)cc1. The minimum absolute atomic E-state index is 0.280. The second-order valence-electron chi connectivity index (χ2n) is 4.48. The van der Waals surface area contributed by atoms with Gasteiger partial charge in [-0.15, -0.1) is 0 Å². The lowest BCUT2D eigenvalue weighted by molar-refractivity contribution is 0.464. The molecule has 0 radical (unpaired) electrons. The molecular formula is C15H11Br2N5O. The molecule has 0 bridgehead atoms. The Morgan fingerprint density at radius 2 is 1.65 bits per heavy atom. The van der Waals surface area contributed by atoms with Crippen molar-refractivity contribution in [3.05, 3.63) is 57.9 Å². The molecule has 6 nitrogen and oxygen atoms in total. The average Bonchev–Trinajstić information content (AvgIpc) is 2.55. The van der Waals surface area contributed by atoms with E-state index in [2.05, 4.69) is 52.1 Å². The maximum absolute atomic E-state index is 6.08. The smallest absolute Gasteiger partial charge is 0.248 e. The van der Waals surface area contributed by atoms with Crippen molar-refractivity contribution >= 4 is 49.2 Å². The Hall–Kier alpha value is -2.19. The van der Waals surface area contributed by atoms with Crippen LogP contribution >= 0.6 is 31.9 Å². The molecule has 3 aromatic rings. The lowest BCUT2D eigenvalue weighted by Gasteiger charge is -2.11. The van der Waals surface area contributed by atoms with E-state index in [1.54, 1.807) is 12.3 Å². The van der Waals surface area contributed by atoms with Crippen LogP contribution in [0.25, 0.3) is 0 Å². The normalized spacial score (nSPS) is 10.3. The van der Waals surface area contributed by atoms with E-state index in [9.17, 15) is 0 Å². The van der Waals surface area contributed by atoms with Crippen molar-refractivity contribution in [2.24, 2.45) is 0 Å². The van der Waals surface area contributed by atoms with Crippen LogP contribution in [-0.2, 0) is 0 Å². The van der Waals surface area contributed by atoms with Gasteiger partial charge in [-0.25, -0.2) is 9.97 Å². The quantitative estimate of drug-likeness (QED) is 0.625. The largest absolute Gasteiger partial charge is 0.437 e. The minimum atomic E-state index is 0.280. The predicted molar refractivity (Wildman–Crippen MR) is 95.9 cm³/mol. The van der Waals surface area contributed by atoms with E-state index in [0.717, 1.165) is 8.95 Å². The number of hydrogen-bond donors (Lipinski definition) is 2. The third-order valence-electron chi connectivity index (χ3n) is 2.85. The van der Waals surface area contributed by atoms with Gasteiger partial charge in [0.05, 0.1) is 0 Å². The van der Waals surface area contributed by atoms with Gasteiger partial charge in [0.25, 0.3) is 0 Å². The monoisotopic (exact) mass is 435 g/mol. The third kappa shape index (κ3) is 3.96. The highest BCUT2D eigenvalue weighted by Gasteiger charge is 2.11. The van der Waals surface area contributed by atoms with E-state index in [0.29, 0.717) is 23.1 Å². The number of aromatic nitrogens is 3. The highest BCUT2D eigenvalue weighted by Crippen LogP contribution is 2.31. The highest BCUT2D eigenvalue weighted by atomic mass is 79.9. The molecule has 0 saturated carbocycles. The number of ether oxygens (including phenoxy) is 1. The Morgan fingerprint density at radius 3 is 2.35 bits per heavy atom. The molecule has 23 heavy (non-hydrogen) atoms. The van der Waals surface area contributed by atoms with Crippen LogP contribution in [0.2, 0.25) is 0 Å². The van der Waals surface area contributed by atoms with Crippen molar-refractivity contribution in [1.29, 1.82) is 0 Å². The molecule has 0 saturated heterocycles. The number of halogens is 2. The Morgan fingerprint density at radius 1 is 0.913 bits per heavy atom. The Labute approximate surface area is 149 Å². The molecule has 1 aromatic carbocycles. The van der Waals surface area contributed by atoms with Crippen molar-refractivity contribution in [1.82, 2.24) is 15.0 Å². The minimum Gasteiger partial charge on any atom is -0.437 e. The summed E-state index contributed by atoms with van der Waals surface area (Å²) in [6.45, 7) is 0. The summed E-state index contributed by atoms with van der Waals surface area (Å²) in [6, 6.07) is 11.0. The zero-order chi connectivity index (χ0) is 16.2. The number of nitrogens with two attached hydrogens (primary N) is 1. The van der Waals surface area contributed by atoms with Gasteiger partial charge < -0.3 is 15.8 Å². The second-order valence-corrected chi connectivity index (χ2v) is 6.32. The van der Waals surface area contributed by atoms with Crippen LogP contribution in [-0.4, -0.2) is 15.0 Å². The lowest BCUT2D eigenvalue weighted by atomic mass is 10.3. The van der Waals surface area contributed by atoms with Crippen LogP contribution in [0.5, 0.6) is 11.6 Å². The first kappa shape index (κ1) is 15.7. The summed E-state index contributed by atoms with van der Waals surface area (Å²) in [7, 11) is 0. The maximum Gasteiger partial charge on any atom is 0.248 e. The highest BCUT2D eigenvalue weighted by molar-refractivity contribution is 9.10. The molecule has 0 spiro atoms. The van der Waals surface area contributed by atoms with Crippen LogP contribution in [0.15, 0.2) is 57.9 Å². The number of nitrogens with zero attached hydrogens (tertiary/aromatic N) is 3. The van der Waals surface area contributed by atoms with Gasteiger partial charge in [0, 0.05) is 15.1 Å². The van der Waals surface area contributed by atoms with Gasteiger partial charge in [0.2, 0.25) is 5.88 Å². The first-order chi connectivity index (χ1) is 11.1. The molecule has 8 heteroatoms. The summed E-state index contributed by atoms with van der Waals surface area (Å²) in [4.78, 5) is 12.4. The van der Waals surface area contributed by atoms with Crippen LogP contribution in [0, 0.1) is 0 Å². The van der Waals surface area contributed by atoms with Gasteiger partial charge >= 0.3 is 0 Å². The molecule has 0 atom stereocenters. The molecule has 0 aliphatic carbocycles. The number of hydrogen-bond acceptors (Lipinski definition) is 6. The fraction of sp³-hybridized carbons (Fsp3) is 0. The second kappa shape index (κ2) is 6.93. The first-order valence-electron chi connectivity index (χ1n) is 6.54. The molecule has 0 amide bonds. The Balaban J connectivity index is 1.83. The molecule has 0 unspecified atom stereocenters. The van der Waals surface area contributed by atoms with Gasteiger partial charge in [0.1, 0.15) is 23.6 Å². The summed E-state index contributed by atoms with van der Waals surface area (Å²) < 4.78 is 7.55. The van der Waals surface area contributed by atoms with E-state index in [1.807, 2.05) is 30.3 Å². The first-order valence-corrected chi connectivity index (χ1v) is 8.13. The van der Waals surface area contributed by atoms with Crippen molar-refractivity contribution in [2.45, 2.75) is 0 Å². The average molecular weight is 437 g/mol. The van der Waals surface area contributed by atoms with Crippen molar-refractivity contribution in [2.75, 3.05) is 11.1 Å². The summed E-state index contributed by atoms with van der Waals surface area (Å²) in [6.07, 6.45) is 3.06. The molecule has 0 aliphatic heterocycles. The number of pyridine rings is 1. The standard InChI is InChI=1S/C15H11Br2N5O/c16-9-1-4-11(5-2-9)23-15-13(18)14(20-8-21-15)22-12-6-3-10(17)7-19-12/h1-8H,18H2,(H,19,20,21,22). The van der Waals surface area contributed by atoms with Gasteiger partial charge in [-0.2, -0.15) is 4.98 Å². The summed E-state index contributed by atoms with van der Waals surface area (Å²) in [5, 5.41) is 3.04. The van der Waals surface area contributed by atoms with E-state index < -0.39 is 0 Å². The van der Waals surface area contributed by atoms with Gasteiger partial charge in [-0.05, 0) is 52.3 Å². The molecule has 2 aromatic heterocycles. The Bertz CT molecular complexity index is 743. The zero-order valence-corrected chi connectivity index (χ0v) is 14.9. The van der Waals surface area contributed by atoms with Gasteiger partial charge in [0.15, 0.2) is 5.82 Å². The molecule has 0 fully saturated rings. The maximum atomic E-state index is 6.08. The van der Waals surface area contributed by atoms with Crippen molar-refractivity contribution in [3.8, 4) is 11.6 Å². The molecule has 0 aliphatic rings. The van der Waals surface area contributed by atoms with E-state index in [-0.39, 0.29) is 5.88 Å². The van der Waals surface area contributed by atoms with E-state index in [4.69, 9.17) is 10.5 Å². The Kier molecular flexibility index (Phi) is 4.73. The van der Waals surface area contributed by atoms with E-state index >= 15 is 0 Å². The van der Waals surface area contributed by atoms with Crippen molar-refractivity contribution in [3.63, 3.8) is 0 Å². The molecular weight excluding hydrogens is 426 g/mol. The number of benzene rings is 1. The van der Waals surface area contributed by atoms with Crippen LogP contribution < -0.4 is 15.8 Å². The summed E-state index contributed by atoms with van der Waals surface area (Å²) in [5.41, 5.74) is 6.39. The molecule has 3 N–H and O–H groups in total. The number of nitrogen functional groups attached to an aromatic ring is 1. The lowest BCUT2D eigenvalue weighted by Crippen LogP contribution is -2.03. The molecule has 116 valence electrons. The topological polar surface area (TPSA) is 86.0 Å². The third-order valence-corrected chi connectivity index (χ3v) is 3.85. The van der Waals surface area contributed by atoms with Gasteiger partial charge in [-0.3, -0.25) is 0 Å². The summed E-state index contributed by atoms with van der Waals surface area (Å²) >= 11 is 6.71.